The van der Waals surface area contributed by atoms with Gasteiger partial charge in [0.05, 0.1) is 0 Å². The molecule has 1 aliphatic heterocycles. The second-order valence-electron chi connectivity index (χ2n) is 18.4. The minimum Gasteiger partial charge on any atom is -0.509 e. The van der Waals surface area contributed by atoms with Gasteiger partial charge >= 0.3 is 0 Å². The van der Waals surface area contributed by atoms with E-state index in [4.69, 9.17) is 9.72 Å². The summed E-state index contributed by atoms with van der Waals surface area (Å²) in [5.74, 6) is 5.17. The van der Waals surface area contributed by atoms with Gasteiger partial charge < -0.3 is 19.1 Å². The molecule has 6 aromatic carbocycles. The molecule has 6 heteroatoms. The molecule has 0 N–H and O–H groups in total. The molecule has 4 fully saturated rings. The molecule has 4 aliphatic carbocycles. The Morgan fingerprint density at radius 2 is 1.34 bits per heavy atom. The summed E-state index contributed by atoms with van der Waals surface area (Å²) in [4.78, 5) is 9.53. The SMILES string of the molecule is Cc1cc(C2(c3ccnc(-n4c5[c-]c(Oc6[c-]c(N7[CH-]N(C)c8ccccc87)cc(-c7ccccc7)c6)ccc5c5ccccc54)c3)C3CC4CC(C3)CC2C4)cc(C)c1C.[Pt]. The molecule has 4 saturated carbocycles. The zero-order valence-electron chi connectivity index (χ0n) is 35.6. The molecular weight excluding hydrogens is 940 g/mol. The van der Waals surface area contributed by atoms with Crippen molar-refractivity contribution in [3.05, 3.63) is 180 Å². The fourth-order valence-corrected chi connectivity index (χ4v) is 12.4. The van der Waals surface area contributed by atoms with Crippen LogP contribution in [0.3, 0.4) is 0 Å². The predicted octanol–water partition coefficient (Wildman–Crippen LogP) is 13.6. The number of rotatable bonds is 7. The zero-order chi connectivity index (χ0) is 41.0. The molecular formula is C56H49N4OPt-3. The van der Waals surface area contributed by atoms with Gasteiger partial charge in [0.25, 0.3) is 0 Å². The molecule has 8 aromatic rings. The van der Waals surface area contributed by atoms with E-state index >= 15 is 0 Å². The number of para-hydroxylation sites is 3. The molecule has 0 unspecified atom stereocenters. The fourth-order valence-electron chi connectivity index (χ4n) is 12.4. The zero-order valence-corrected chi connectivity index (χ0v) is 37.9. The van der Waals surface area contributed by atoms with Crippen molar-refractivity contribution in [3.8, 4) is 28.4 Å². The standard InChI is InChI=1S/C56H49N4O.Pt/c1-35-22-43(23-36(2)37(35)3)56(44-25-38-24-39(27-44)28-45(56)26-38)42-20-21-57-55(31-42)60-51-15-9-8-14-49(51)50-19-18-47(33-54(50)60)61-48-30-41(40-12-6-5-7-13-40)29-46(32-48)59-34-58(4)52-16-10-11-17-53(52)59;/h5-23,29-31,34,38-39,44-45H,24-28H2,1-4H3;/q-3;. The predicted molar refractivity (Wildman–Crippen MR) is 248 cm³/mol. The molecule has 5 nitrogen and oxygen atoms in total. The summed E-state index contributed by atoms with van der Waals surface area (Å²) < 4.78 is 9.16. The van der Waals surface area contributed by atoms with Crippen molar-refractivity contribution in [2.75, 3.05) is 16.8 Å². The number of hydrogen-bond donors (Lipinski definition) is 0. The average Bonchev–Trinajstić information content (AvgIpc) is 3.79. The molecule has 5 aliphatic rings. The summed E-state index contributed by atoms with van der Waals surface area (Å²) in [6.07, 6.45) is 8.79. The van der Waals surface area contributed by atoms with Crippen LogP contribution in [-0.4, -0.2) is 16.6 Å². The minimum absolute atomic E-state index is 0. The Kier molecular flexibility index (Phi) is 9.50. The number of anilines is 3. The van der Waals surface area contributed by atoms with Crippen molar-refractivity contribution in [2.24, 2.45) is 23.7 Å². The van der Waals surface area contributed by atoms with Gasteiger partial charge in [0.2, 0.25) is 0 Å². The van der Waals surface area contributed by atoms with Crippen molar-refractivity contribution in [2.45, 2.75) is 58.3 Å². The van der Waals surface area contributed by atoms with Crippen LogP contribution in [0.15, 0.2) is 134 Å². The van der Waals surface area contributed by atoms with E-state index in [2.05, 4.69) is 189 Å². The third kappa shape index (κ3) is 6.09. The average molecular weight is 989 g/mol. The van der Waals surface area contributed by atoms with Gasteiger partial charge in [-0.05, 0) is 153 Å². The second-order valence-corrected chi connectivity index (χ2v) is 18.4. The molecule has 0 spiro atoms. The van der Waals surface area contributed by atoms with E-state index in [1.54, 1.807) is 0 Å². The van der Waals surface area contributed by atoms with Gasteiger partial charge in [-0.25, -0.2) is 4.98 Å². The van der Waals surface area contributed by atoms with Crippen molar-refractivity contribution < 1.29 is 25.8 Å². The monoisotopic (exact) mass is 988 g/mol. The van der Waals surface area contributed by atoms with E-state index in [0.717, 1.165) is 62.3 Å². The number of ether oxygens (including phenoxy) is 1. The first-order chi connectivity index (χ1) is 29.8. The van der Waals surface area contributed by atoms with Gasteiger partial charge in [-0.2, -0.15) is 12.7 Å². The third-order valence-electron chi connectivity index (χ3n) is 15.1. The number of pyridine rings is 1. The molecule has 0 radical (unpaired) electrons. The van der Waals surface area contributed by atoms with Gasteiger partial charge in [-0.15, -0.1) is 47.0 Å². The molecule has 62 heavy (non-hydrogen) atoms. The van der Waals surface area contributed by atoms with E-state index in [1.807, 2.05) is 6.07 Å². The summed E-state index contributed by atoms with van der Waals surface area (Å²) in [6.45, 7) is 9.00. The first-order valence-electron chi connectivity index (χ1n) is 22.1. The Hall–Kier alpha value is -5.64. The van der Waals surface area contributed by atoms with Gasteiger partial charge in [0, 0.05) is 61.1 Å². The van der Waals surface area contributed by atoms with Crippen molar-refractivity contribution >= 4 is 38.9 Å². The Morgan fingerprint density at radius 1 is 0.645 bits per heavy atom. The van der Waals surface area contributed by atoms with E-state index in [0.29, 0.717) is 23.3 Å². The van der Waals surface area contributed by atoms with E-state index in [9.17, 15) is 0 Å². The van der Waals surface area contributed by atoms with E-state index in [-0.39, 0.29) is 26.5 Å². The van der Waals surface area contributed by atoms with Crippen LogP contribution >= 0.6 is 0 Å². The van der Waals surface area contributed by atoms with Gasteiger partial charge in [0.15, 0.2) is 0 Å². The van der Waals surface area contributed by atoms with Crippen LogP contribution in [0, 0.1) is 63.2 Å². The maximum Gasteiger partial charge on any atom is 0.135 e. The van der Waals surface area contributed by atoms with Gasteiger partial charge in [-0.1, -0.05) is 78.3 Å². The summed E-state index contributed by atoms with van der Waals surface area (Å²) in [5, 5.41) is 2.30. The molecule has 13 rings (SSSR count). The Balaban J connectivity index is 0.00000432. The fraction of sp³-hybridized carbons (Fsp3) is 0.250. The van der Waals surface area contributed by atoms with Crippen LogP contribution in [0.1, 0.15) is 59.9 Å². The number of benzene rings is 6. The van der Waals surface area contributed by atoms with Gasteiger partial charge in [-0.3, -0.25) is 0 Å². The van der Waals surface area contributed by atoms with Crippen molar-refractivity contribution in [1.82, 2.24) is 9.55 Å². The maximum absolute atomic E-state index is 6.84. The van der Waals surface area contributed by atoms with Crippen LogP contribution in [-0.2, 0) is 26.5 Å². The quantitative estimate of drug-likeness (QED) is 0.149. The molecule has 312 valence electrons. The summed E-state index contributed by atoms with van der Waals surface area (Å²) in [5.41, 5.74) is 14.5. The molecule has 0 amide bonds. The smallest absolute Gasteiger partial charge is 0.135 e. The number of hydrogen-bond acceptors (Lipinski definition) is 4. The normalized spacial score (nSPS) is 22.3. The number of nitrogens with zero attached hydrogens (tertiary/aromatic N) is 4. The maximum atomic E-state index is 6.84. The Labute approximate surface area is 379 Å². The molecule has 3 heterocycles. The molecule has 2 aromatic heterocycles. The number of fused-ring (bicyclic) bond motifs is 4. The second kappa shape index (κ2) is 15.0. The van der Waals surface area contributed by atoms with E-state index in [1.165, 1.54) is 65.3 Å². The first-order valence-corrected chi connectivity index (χ1v) is 22.1. The molecule has 0 saturated heterocycles. The van der Waals surface area contributed by atoms with Gasteiger partial charge in [0.1, 0.15) is 5.82 Å². The van der Waals surface area contributed by atoms with Crippen LogP contribution in [0.2, 0.25) is 0 Å². The molecule has 4 bridgehead atoms. The Bertz CT molecular complexity index is 2970. The minimum atomic E-state index is -0.0372. The summed E-state index contributed by atoms with van der Waals surface area (Å²) >= 11 is 0. The van der Waals surface area contributed by atoms with E-state index < -0.39 is 0 Å². The Morgan fingerprint density at radius 3 is 2.10 bits per heavy atom. The number of aryl methyl sites for hydroxylation is 2. The van der Waals surface area contributed by atoms with Crippen LogP contribution < -0.4 is 14.5 Å². The summed E-state index contributed by atoms with van der Waals surface area (Å²) in [6, 6.07) is 53.4. The largest absolute Gasteiger partial charge is 0.509 e. The van der Waals surface area contributed by atoms with Crippen LogP contribution in [0.4, 0.5) is 17.1 Å². The summed E-state index contributed by atoms with van der Waals surface area (Å²) in [7, 11) is 2.08. The third-order valence-corrected chi connectivity index (χ3v) is 15.1. The topological polar surface area (TPSA) is 33.5 Å². The molecule has 0 atom stereocenters. The van der Waals surface area contributed by atoms with Crippen molar-refractivity contribution in [1.29, 1.82) is 0 Å². The first kappa shape index (κ1) is 39.2. The number of aromatic nitrogens is 2. The van der Waals surface area contributed by atoms with Crippen LogP contribution in [0.25, 0.3) is 38.8 Å². The van der Waals surface area contributed by atoms with Crippen LogP contribution in [0.5, 0.6) is 11.5 Å². The van der Waals surface area contributed by atoms with Crippen molar-refractivity contribution in [3.63, 3.8) is 0 Å².